The zero-order valence-corrected chi connectivity index (χ0v) is 18.8. The van der Waals surface area contributed by atoms with Crippen molar-refractivity contribution in [1.82, 2.24) is 10.2 Å². The topological polar surface area (TPSA) is 41.6 Å². The maximum atomic E-state index is 13.0. The molecule has 160 valence electrons. The molecule has 0 radical (unpaired) electrons. The molecule has 1 aromatic heterocycles. The lowest BCUT2D eigenvalue weighted by molar-refractivity contribution is -0.0353. The zero-order chi connectivity index (χ0) is 20.7. The summed E-state index contributed by atoms with van der Waals surface area (Å²) in [6, 6.07) is 8.96. The lowest BCUT2D eigenvalue weighted by Gasteiger charge is -2.44. The Hall–Kier alpha value is -1.85. The zero-order valence-electron chi connectivity index (χ0n) is 18.0. The molecule has 1 N–H and O–H groups in total. The quantitative estimate of drug-likeness (QED) is 0.675. The van der Waals surface area contributed by atoms with E-state index in [1.54, 1.807) is 11.3 Å². The number of hydrogen-bond acceptors (Lipinski definition) is 4. The molecule has 30 heavy (non-hydrogen) atoms. The van der Waals surface area contributed by atoms with Crippen LogP contribution in [-0.4, -0.2) is 36.7 Å². The number of piperidine rings is 3. The van der Waals surface area contributed by atoms with Gasteiger partial charge in [-0.15, -0.1) is 0 Å². The van der Waals surface area contributed by atoms with E-state index in [9.17, 15) is 4.79 Å². The fourth-order valence-electron chi connectivity index (χ4n) is 5.93. The molecule has 1 amide bonds. The van der Waals surface area contributed by atoms with E-state index in [0.29, 0.717) is 5.92 Å². The van der Waals surface area contributed by atoms with Crippen LogP contribution in [0.3, 0.4) is 0 Å². The molecule has 2 atom stereocenters. The van der Waals surface area contributed by atoms with Gasteiger partial charge >= 0.3 is 6.09 Å². The molecule has 1 aliphatic carbocycles. The number of ether oxygens (including phenoxy) is 1. The first-order chi connectivity index (χ1) is 14.6. The molecule has 3 fully saturated rings. The number of carbonyl (C=O) groups excluding carboxylic acids is 1. The lowest BCUT2D eigenvalue weighted by atomic mass is 9.76. The third-order valence-corrected chi connectivity index (χ3v) is 8.67. The highest BCUT2D eigenvalue weighted by Crippen LogP contribution is 2.51. The molecule has 6 rings (SSSR count). The van der Waals surface area contributed by atoms with E-state index in [1.165, 1.54) is 22.3 Å². The van der Waals surface area contributed by atoms with Gasteiger partial charge < -0.3 is 10.1 Å². The molecule has 1 unspecified atom stereocenters. The van der Waals surface area contributed by atoms with E-state index in [4.69, 9.17) is 4.74 Å². The van der Waals surface area contributed by atoms with E-state index < -0.39 is 0 Å². The summed E-state index contributed by atoms with van der Waals surface area (Å²) in [7, 11) is 0. The largest absolute Gasteiger partial charge is 0.445 e. The van der Waals surface area contributed by atoms with Crippen molar-refractivity contribution in [2.45, 2.75) is 58.1 Å². The lowest BCUT2D eigenvalue weighted by Crippen LogP contribution is -2.53. The molecule has 4 nitrogen and oxygen atoms in total. The van der Waals surface area contributed by atoms with Gasteiger partial charge in [0.25, 0.3) is 0 Å². The SMILES string of the molecule is CCC1(CC)Cc2cc(-c3ccsc3)ccc2C1NC(=O)O[C@H]1CN2CCC1CC2. The van der Waals surface area contributed by atoms with Crippen LogP contribution in [0.2, 0.25) is 0 Å². The van der Waals surface area contributed by atoms with Crippen LogP contribution in [0.5, 0.6) is 0 Å². The molecule has 3 aliphatic heterocycles. The first kappa shape index (κ1) is 20.1. The van der Waals surface area contributed by atoms with Crippen molar-refractivity contribution in [3.63, 3.8) is 0 Å². The van der Waals surface area contributed by atoms with Gasteiger partial charge in [-0.1, -0.05) is 32.0 Å². The van der Waals surface area contributed by atoms with Gasteiger partial charge in [-0.05, 0) is 95.6 Å². The van der Waals surface area contributed by atoms with Crippen LogP contribution in [0.15, 0.2) is 35.0 Å². The Bertz CT molecular complexity index is 898. The van der Waals surface area contributed by atoms with E-state index in [0.717, 1.165) is 51.7 Å². The van der Waals surface area contributed by atoms with Crippen molar-refractivity contribution in [3.8, 4) is 11.1 Å². The second-order valence-corrected chi connectivity index (χ2v) is 10.1. The predicted molar refractivity (Wildman–Crippen MR) is 122 cm³/mol. The first-order valence-corrected chi connectivity index (χ1v) is 12.4. The second-order valence-electron chi connectivity index (χ2n) is 9.33. The molecular weight excluding hydrogens is 392 g/mol. The number of fused-ring (bicyclic) bond motifs is 4. The number of hydrogen-bond donors (Lipinski definition) is 1. The number of alkyl carbamates (subject to hydrolysis) is 1. The van der Waals surface area contributed by atoms with Crippen molar-refractivity contribution in [3.05, 3.63) is 46.2 Å². The summed E-state index contributed by atoms with van der Waals surface area (Å²) in [5.41, 5.74) is 5.24. The number of thiophene rings is 1. The number of nitrogens with zero attached hydrogens (tertiary/aromatic N) is 1. The average molecular weight is 425 g/mol. The van der Waals surface area contributed by atoms with Crippen molar-refractivity contribution >= 4 is 17.4 Å². The molecule has 2 aromatic rings. The predicted octanol–water partition coefficient (Wildman–Crippen LogP) is 5.64. The molecule has 5 heteroatoms. The van der Waals surface area contributed by atoms with Gasteiger partial charge in [0.15, 0.2) is 0 Å². The van der Waals surface area contributed by atoms with Gasteiger partial charge in [-0.2, -0.15) is 11.3 Å². The highest BCUT2D eigenvalue weighted by molar-refractivity contribution is 7.08. The molecular formula is C25H32N2O2S. The Labute approximate surface area is 183 Å². The smallest absolute Gasteiger partial charge is 0.407 e. The van der Waals surface area contributed by atoms with Crippen LogP contribution in [0.25, 0.3) is 11.1 Å². The Balaban J connectivity index is 1.37. The molecule has 0 saturated carbocycles. The van der Waals surface area contributed by atoms with Crippen LogP contribution in [-0.2, 0) is 11.2 Å². The summed E-state index contributed by atoms with van der Waals surface area (Å²) >= 11 is 1.73. The van der Waals surface area contributed by atoms with Gasteiger partial charge in [0.05, 0.1) is 6.04 Å². The van der Waals surface area contributed by atoms with Crippen molar-refractivity contribution < 1.29 is 9.53 Å². The standard InChI is InChI=1S/C25H32N2O2S/c1-3-25(4-2)14-20-13-18(19-9-12-30-16-19)5-6-21(20)23(25)26-24(28)29-22-15-27-10-7-17(22)8-11-27/h5-6,9,12-13,16-17,22-23H,3-4,7-8,10-11,14-15H2,1-2H3,(H,26,28)/t22-,23?/m0/s1. The first-order valence-electron chi connectivity index (χ1n) is 11.5. The number of amides is 1. The van der Waals surface area contributed by atoms with E-state index >= 15 is 0 Å². The minimum absolute atomic E-state index is 0.0209. The summed E-state index contributed by atoms with van der Waals surface area (Å²) in [5, 5.41) is 7.64. The Morgan fingerprint density at radius 1 is 1.20 bits per heavy atom. The van der Waals surface area contributed by atoms with E-state index in [-0.39, 0.29) is 23.7 Å². The monoisotopic (exact) mass is 424 g/mol. The van der Waals surface area contributed by atoms with Gasteiger partial charge in [-0.25, -0.2) is 4.79 Å². The molecule has 0 spiro atoms. The number of benzene rings is 1. The number of rotatable bonds is 5. The molecule has 4 aliphatic rings. The van der Waals surface area contributed by atoms with Crippen LogP contribution < -0.4 is 5.32 Å². The summed E-state index contributed by atoms with van der Waals surface area (Å²) in [6.07, 6.45) is 5.21. The second kappa shape index (κ2) is 8.01. The van der Waals surface area contributed by atoms with Crippen LogP contribution in [0.4, 0.5) is 4.79 Å². The van der Waals surface area contributed by atoms with Gasteiger partial charge in [0.2, 0.25) is 0 Å². The average Bonchev–Trinajstić information content (AvgIpc) is 3.41. The highest BCUT2D eigenvalue weighted by atomic mass is 32.1. The molecule has 4 heterocycles. The number of nitrogens with one attached hydrogen (secondary N) is 1. The fourth-order valence-corrected chi connectivity index (χ4v) is 6.60. The van der Waals surface area contributed by atoms with E-state index in [2.05, 4.69) is 59.1 Å². The van der Waals surface area contributed by atoms with Crippen molar-refractivity contribution in [1.29, 1.82) is 0 Å². The third-order valence-electron chi connectivity index (χ3n) is 7.99. The highest BCUT2D eigenvalue weighted by Gasteiger charge is 2.45. The normalized spacial score (nSPS) is 28.9. The molecule has 3 saturated heterocycles. The molecule has 1 aromatic carbocycles. The van der Waals surface area contributed by atoms with Crippen molar-refractivity contribution in [2.75, 3.05) is 19.6 Å². The van der Waals surface area contributed by atoms with E-state index in [1.807, 2.05) is 0 Å². The maximum absolute atomic E-state index is 13.0. The summed E-state index contributed by atoms with van der Waals surface area (Å²) in [5.74, 6) is 0.534. The van der Waals surface area contributed by atoms with Gasteiger partial charge in [0, 0.05) is 6.54 Å². The Kier molecular flexibility index (Phi) is 5.36. The fraction of sp³-hybridized carbons (Fsp3) is 0.560. The van der Waals surface area contributed by atoms with Gasteiger partial charge in [0.1, 0.15) is 6.10 Å². The summed E-state index contributed by atoms with van der Waals surface area (Å²) in [4.78, 5) is 15.4. The van der Waals surface area contributed by atoms with Gasteiger partial charge in [-0.3, -0.25) is 4.90 Å². The maximum Gasteiger partial charge on any atom is 0.407 e. The Morgan fingerprint density at radius 2 is 2.00 bits per heavy atom. The third kappa shape index (κ3) is 3.46. The Morgan fingerprint density at radius 3 is 2.63 bits per heavy atom. The van der Waals surface area contributed by atoms with Crippen LogP contribution in [0, 0.1) is 11.3 Å². The van der Waals surface area contributed by atoms with Crippen LogP contribution >= 0.6 is 11.3 Å². The minimum atomic E-state index is -0.236. The van der Waals surface area contributed by atoms with Crippen LogP contribution in [0.1, 0.15) is 56.7 Å². The molecule has 2 bridgehead atoms. The number of carbonyl (C=O) groups is 1. The summed E-state index contributed by atoms with van der Waals surface area (Å²) < 4.78 is 5.98. The summed E-state index contributed by atoms with van der Waals surface area (Å²) in [6.45, 7) is 7.72. The van der Waals surface area contributed by atoms with Crippen molar-refractivity contribution in [2.24, 2.45) is 11.3 Å². The minimum Gasteiger partial charge on any atom is -0.445 e.